The fraction of sp³-hybridized carbons (Fsp3) is 0.227. The first-order chi connectivity index (χ1) is 13.6. The number of hydrogen-bond acceptors (Lipinski definition) is 5. The van der Waals surface area contributed by atoms with E-state index in [1.807, 2.05) is 18.2 Å². The molecule has 0 saturated heterocycles. The molecule has 1 heterocycles. The molecule has 2 aromatic carbocycles. The van der Waals surface area contributed by atoms with Gasteiger partial charge in [-0.05, 0) is 18.4 Å². The molecule has 0 radical (unpaired) electrons. The van der Waals surface area contributed by atoms with Crippen LogP contribution in [0.25, 0.3) is 0 Å². The van der Waals surface area contributed by atoms with Crippen LogP contribution in [0, 0.1) is 16.0 Å². The van der Waals surface area contributed by atoms with Crippen molar-refractivity contribution in [2.24, 2.45) is 10.9 Å². The molecule has 1 aliphatic heterocycles. The van der Waals surface area contributed by atoms with E-state index in [1.54, 1.807) is 18.2 Å². The lowest BCUT2D eigenvalue weighted by Gasteiger charge is -2.33. The summed E-state index contributed by atoms with van der Waals surface area (Å²) >= 11 is 0. The molecule has 0 spiro atoms. The highest BCUT2D eigenvalue weighted by Gasteiger charge is 2.48. The van der Waals surface area contributed by atoms with Crippen LogP contribution in [0.2, 0.25) is 0 Å². The first-order valence-electron chi connectivity index (χ1n) is 9.29. The number of ketones is 2. The molecule has 5 rings (SSSR count). The van der Waals surface area contributed by atoms with Gasteiger partial charge in [-0.2, -0.15) is 0 Å². The summed E-state index contributed by atoms with van der Waals surface area (Å²) in [6.45, 7) is 0. The third-order valence-electron chi connectivity index (χ3n) is 5.81. The Morgan fingerprint density at radius 2 is 1.75 bits per heavy atom. The van der Waals surface area contributed by atoms with Crippen LogP contribution in [-0.2, 0) is 4.79 Å². The fourth-order valence-corrected chi connectivity index (χ4v) is 4.64. The predicted octanol–water partition coefficient (Wildman–Crippen LogP) is 4.00. The van der Waals surface area contributed by atoms with Crippen molar-refractivity contribution in [1.82, 2.24) is 0 Å². The van der Waals surface area contributed by atoms with Crippen LogP contribution in [0.1, 0.15) is 46.7 Å². The Labute approximate surface area is 160 Å². The van der Waals surface area contributed by atoms with Crippen LogP contribution >= 0.6 is 0 Å². The summed E-state index contributed by atoms with van der Waals surface area (Å²) in [7, 11) is 0. The van der Waals surface area contributed by atoms with E-state index in [-0.39, 0.29) is 17.3 Å². The van der Waals surface area contributed by atoms with E-state index >= 15 is 0 Å². The maximum atomic E-state index is 13.3. The lowest BCUT2D eigenvalue weighted by molar-refractivity contribution is -0.384. The minimum atomic E-state index is -0.611. The standard InChI is InChI=1S/C22H16N2O4/c25-17-10-4-9-16-19(17)18(12-5-3-6-13(11-12)24(27)28)20-21(23-16)14-7-1-2-8-15(14)22(20)26/h1-3,5-8,11,18,20H,4,9-10H2/t18-,20+/m1/s1. The van der Waals surface area contributed by atoms with Crippen molar-refractivity contribution in [3.05, 3.63) is 86.6 Å². The van der Waals surface area contributed by atoms with Crippen LogP contribution < -0.4 is 0 Å². The molecular weight excluding hydrogens is 356 g/mol. The van der Waals surface area contributed by atoms with Crippen LogP contribution in [0.15, 0.2) is 64.8 Å². The van der Waals surface area contributed by atoms with E-state index < -0.39 is 16.8 Å². The van der Waals surface area contributed by atoms with E-state index in [2.05, 4.69) is 0 Å². The molecule has 28 heavy (non-hydrogen) atoms. The molecule has 2 aromatic rings. The van der Waals surface area contributed by atoms with Crippen LogP contribution in [0.3, 0.4) is 0 Å². The number of rotatable bonds is 2. The number of benzene rings is 2. The summed E-state index contributed by atoms with van der Waals surface area (Å²) in [5.74, 6) is -1.23. The molecule has 0 saturated carbocycles. The molecule has 0 fully saturated rings. The first kappa shape index (κ1) is 16.7. The second kappa shape index (κ2) is 6.05. The maximum Gasteiger partial charge on any atom is 0.269 e. The van der Waals surface area contributed by atoms with Gasteiger partial charge in [0.1, 0.15) is 0 Å². The molecular formula is C22H16N2O4. The molecule has 3 aliphatic rings. The summed E-state index contributed by atoms with van der Waals surface area (Å²) < 4.78 is 0. The van der Waals surface area contributed by atoms with Crippen LogP contribution in [0.5, 0.6) is 0 Å². The molecule has 0 amide bonds. The SMILES string of the molecule is O=C1CCCC2=C1[C@@H](c1cccc([N+](=O)[O-])c1)[C@@H]1C(=O)c3ccccc3C1=N2. The van der Waals surface area contributed by atoms with E-state index in [9.17, 15) is 19.7 Å². The summed E-state index contributed by atoms with van der Waals surface area (Å²) in [6.07, 6.45) is 1.83. The zero-order valence-electron chi connectivity index (χ0n) is 14.9. The number of carbonyl (C=O) groups is 2. The van der Waals surface area contributed by atoms with Gasteiger partial charge >= 0.3 is 0 Å². The minimum Gasteiger partial charge on any atom is -0.294 e. The average Bonchev–Trinajstić information content (AvgIpc) is 2.99. The highest BCUT2D eigenvalue weighted by atomic mass is 16.6. The Balaban J connectivity index is 1.76. The summed E-state index contributed by atoms with van der Waals surface area (Å²) in [4.78, 5) is 41.7. The Hall–Kier alpha value is -3.41. The smallest absolute Gasteiger partial charge is 0.269 e. The van der Waals surface area contributed by atoms with Gasteiger partial charge in [-0.1, -0.05) is 36.4 Å². The Morgan fingerprint density at radius 1 is 0.964 bits per heavy atom. The third kappa shape index (κ3) is 2.30. The van der Waals surface area contributed by atoms with Gasteiger partial charge in [-0.25, -0.2) is 0 Å². The van der Waals surface area contributed by atoms with Crippen molar-refractivity contribution in [1.29, 1.82) is 0 Å². The number of aliphatic imine (C=N–C) groups is 1. The molecule has 6 nitrogen and oxygen atoms in total. The number of hydrogen-bond donors (Lipinski definition) is 0. The Kier molecular flexibility index (Phi) is 3.62. The number of nitro groups is 1. The number of non-ortho nitro benzene ring substituents is 1. The largest absolute Gasteiger partial charge is 0.294 e. The van der Waals surface area contributed by atoms with Crippen molar-refractivity contribution in [3.8, 4) is 0 Å². The van der Waals surface area contributed by atoms with Gasteiger partial charge in [-0.3, -0.25) is 24.7 Å². The third-order valence-corrected chi connectivity index (χ3v) is 5.81. The van der Waals surface area contributed by atoms with E-state index in [0.29, 0.717) is 35.3 Å². The predicted molar refractivity (Wildman–Crippen MR) is 103 cm³/mol. The number of nitrogens with zero attached hydrogens (tertiary/aromatic N) is 2. The van der Waals surface area contributed by atoms with Gasteiger partial charge in [0, 0.05) is 46.9 Å². The molecule has 138 valence electrons. The second-order valence-electron chi connectivity index (χ2n) is 7.35. The summed E-state index contributed by atoms with van der Waals surface area (Å²) in [5.41, 5.74) is 3.95. The summed E-state index contributed by atoms with van der Waals surface area (Å²) in [5, 5.41) is 11.3. The molecule has 2 aliphatic carbocycles. The van der Waals surface area contributed by atoms with E-state index in [1.165, 1.54) is 12.1 Å². The molecule has 6 heteroatoms. The minimum absolute atomic E-state index is 0.00990. The maximum absolute atomic E-state index is 13.3. The zero-order valence-corrected chi connectivity index (χ0v) is 14.9. The van der Waals surface area contributed by atoms with Gasteiger partial charge in [0.15, 0.2) is 11.6 Å². The number of nitro benzene ring substituents is 1. The number of Topliss-reactive ketones (excluding diaryl/α,β-unsaturated/α-hetero) is 2. The molecule has 0 N–H and O–H groups in total. The zero-order chi connectivity index (χ0) is 19.4. The Bertz CT molecular complexity index is 1130. The van der Waals surface area contributed by atoms with Gasteiger partial charge < -0.3 is 0 Å². The van der Waals surface area contributed by atoms with Crippen molar-refractivity contribution in [2.75, 3.05) is 0 Å². The second-order valence-corrected chi connectivity index (χ2v) is 7.35. The lowest BCUT2D eigenvalue weighted by Crippen LogP contribution is -2.33. The normalized spacial score (nSPS) is 23.1. The van der Waals surface area contributed by atoms with E-state index in [0.717, 1.165) is 17.7 Å². The number of allylic oxidation sites excluding steroid dienone is 2. The van der Waals surface area contributed by atoms with Gasteiger partial charge in [-0.15, -0.1) is 0 Å². The number of fused-ring (bicyclic) bond motifs is 3. The average molecular weight is 372 g/mol. The monoisotopic (exact) mass is 372 g/mol. The first-order valence-corrected chi connectivity index (χ1v) is 9.29. The fourth-order valence-electron chi connectivity index (χ4n) is 4.64. The Morgan fingerprint density at radius 3 is 2.54 bits per heavy atom. The molecule has 2 atom stereocenters. The quantitative estimate of drug-likeness (QED) is 0.589. The van der Waals surface area contributed by atoms with Crippen LogP contribution in [-0.4, -0.2) is 22.2 Å². The van der Waals surface area contributed by atoms with Gasteiger partial charge in [0.2, 0.25) is 0 Å². The van der Waals surface area contributed by atoms with Crippen molar-refractivity contribution in [3.63, 3.8) is 0 Å². The highest BCUT2D eigenvalue weighted by Crippen LogP contribution is 2.48. The van der Waals surface area contributed by atoms with Gasteiger partial charge in [0.05, 0.1) is 16.6 Å². The van der Waals surface area contributed by atoms with Crippen molar-refractivity contribution >= 4 is 23.0 Å². The molecule has 0 unspecified atom stereocenters. The van der Waals surface area contributed by atoms with Crippen LogP contribution in [0.4, 0.5) is 5.69 Å². The molecule has 0 bridgehead atoms. The topological polar surface area (TPSA) is 89.6 Å². The van der Waals surface area contributed by atoms with Gasteiger partial charge in [0.25, 0.3) is 5.69 Å². The summed E-state index contributed by atoms with van der Waals surface area (Å²) in [6, 6.07) is 13.6. The van der Waals surface area contributed by atoms with Crippen molar-refractivity contribution < 1.29 is 14.5 Å². The highest BCUT2D eigenvalue weighted by molar-refractivity contribution is 6.30. The lowest BCUT2D eigenvalue weighted by atomic mass is 9.71. The molecule has 0 aromatic heterocycles. The van der Waals surface area contributed by atoms with Crippen molar-refractivity contribution in [2.45, 2.75) is 25.2 Å². The van der Waals surface area contributed by atoms with E-state index in [4.69, 9.17) is 4.99 Å². The number of carbonyl (C=O) groups excluding carboxylic acids is 2.